The van der Waals surface area contributed by atoms with Crippen molar-refractivity contribution in [2.45, 2.75) is 18.9 Å². The first-order chi connectivity index (χ1) is 10.7. The summed E-state index contributed by atoms with van der Waals surface area (Å²) in [7, 11) is 0. The van der Waals surface area contributed by atoms with Crippen molar-refractivity contribution in [2.75, 3.05) is 19.6 Å². The molecule has 0 spiro atoms. The largest absolute Gasteiger partial charge is 0.387 e. The maximum Gasteiger partial charge on any atom is 0.0968 e. The Labute approximate surface area is 132 Å². The standard InChI is InChI=1S/C19H24N2O/c1-3-7-16-14(2)21(18-10-11-20-12-17(16)18)13-19(22)15-8-5-4-6-9-15/h3-6,8-9,16,19-20,22H,1-2,7,10-13H2. The van der Waals surface area contributed by atoms with Gasteiger partial charge in [-0.05, 0) is 17.6 Å². The molecular weight excluding hydrogens is 272 g/mol. The lowest BCUT2D eigenvalue weighted by atomic mass is 9.93. The topological polar surface area (TPSA) is 35.5 Å². The van der Waals surface area contributed by atoms with Crippen LogP contribution in [-0.4, -0.2) is 29.6 Å². The third-order valence-electron chi connectivity index (χ3n) is 4.66. The van der Waals surface area contributed by atoms with E-state index in [1.807, 2.05) is 36.4 Å². The summed E-state index contributed by atoms with van der Waals surface area (Å²) in [5.41, 5.74) is 4.84. The first-order valence-corrected chi connectivity index (χ1v) is 7.95. The molecule has 3 nitrogen and oxygen atoms in total. The van der Waals surface area contributed by atoms with Crippen molar-refractivity contribution in [1.29, 1.82) is 0 Å². The Morgan fingerprint density at radius 1 is 1.36 bits per heavy atom. The fourth-order valence-electron chi connectivity index (χ4n) is 3.51. The van der Waals surface area contributed by atoms with Crippen LogP contribution in [0.3, 0.4) is 0 Å². The molecule has 2 N–H and O–H groups in total. The third kappa shape index (κ3) is 2.74. The minimum absolute atomic E-state index is 0.336. The number of nitrogens with one attached hydrogen (secondary N) is 1. The van der Waals surface area contributed by atoms with Crippen molar-refractivity contribution in [1.82, 2.24) is 10.2 Å². The molecule has 2 aliphatic heterocycles. The Morgan fingerprint density at radius 3 is 2.86 bits per heavy atom. The second kappa shape index (κ2) is 6.51. The second-order valence-electron chi connectivity index (χ2n) is 6.00. The highest BCUT2D eigenvalue weighted by molar-refractivity contribution is 5.37. The summed E-state index contributed by atoms with van der Waals surface area (Å²) in [4.78, 5) is 2.24. The summed E-state index contributed by atoms with van der Waals surface area (Å²) in [6, 6.07) is 9.85. The molecule has 2 aliphatic rings. The van der Waals surface area contributed by atoms with Crippen LogP contribution in [0.5, 0.6) is 0 Å². The number of hydrogen-bond donors (Lipinski definition) is 2. The highest BCUT2D eigenvalue weighted by atomic mass is 16.3. The molecule has 116 valence electrons. The van der Waals surface area contributed by atoms with Gasteiger partial charge in [0, 0.05) is 36.8 Å². The van der Waals surface area contributed by atoms with Crippen LogP contribution in [0.2, 0.25) is 0 Å². The number of rotatable bonds is 5. The number of aliphatic hydroxyl groups excluding tert-OH is 1. The molecule has 3 heteroatoms. The van der Waals surface area contributed by atoms with Crippen molar-refractivity contribution in [2.24, 2.45) is 5.92 Å². The van der Waals surface area contributed by atoms with Crippen LogP contribution in [0.15, 0.2) is 66.5 Å². The lowest BCUT2D eigenvalue weighted by Gasteiger charge is -2.28. The summed E-state index contributed by atoms with van der Waals surface area (Å²) < 4.78 is 0. The van der Waals surface area contributed by atoms with Crippen molar-refractivity contribution >= 4 is 0 Å². The molecular formula is C19H24N2O. The van der Waals surface area contributed by atoms with Gasteiger partial charge in [-0.1, -0.05) is 43.0 Å². The van der Waals surface area contributed by atoms with E-state index in [0.29, 0.717) is 12.5 Å². The molecule has 2 unspecified atom stereocenters. The quantitative estimate of drug-likeness (QED) is 0.820. The third-order valence-corrected chi connectivity index (χ3v) is 4.66. The monoisotopic (exact) mass is 296 g/mol. The molecule has 1 aromatic rings. The van der Waals surface area contributed by atoms with Gasteiger partial charge in [0.25, 0.3) is 0 Å². The average molecular weight is 296 g/mol. The summed E-state index contributed by atoms with van der Waals surface area (Å²) in [6.45, 7) is 10.7. The van der Waals surface area contributed by atoms with Gasteiger partial charge in [0.05, 0.1) is 12.6 Å². The van der Waals surface area contributed by atoms with Gasteiger partial charge in [-0.2, -0.15) is 0 Å². The minimum atomic E-state index is -0.496. The van der Waals surface area contributed by atoms with Gasteiger partial charge in [0.2, 0.25) is 0 Å². The number of aliphatic hydroxyl groups is 1. The van der Waals surface area contributed by atoms with Crippen LogP contribution in [0.1, 0.15) is 24.5 Å². The number of nitrogens with zero attached hydrogens (tertiary/aromatic N) is 1. The fraction of sp³-hybridized carbons (Fsp3) is 0.368. The molecule has 3 rings (SSSR count). The molecule has 0 radical (unpaired) electrons. The zero-order valence-corrected chi connectivity index (χ0v) is 13.0. The van der Waals surface area contributed by atoms with E-state index in [9.17, 15) is 5.11 Å². The Morgan fingerprint density at radius 2 is 2.14 bits per heavy atom. The summed E-state index contributed by atoms with van der Waals surface area (Å²) in [5.74, 6) is 0.336. The van der Waals surface area contributed by atoms with Gasteiger partial charge >= 0.3 is 0 Å². The Bertz CT molecular complexity index is 591. The molecule has 0 bridgehead atoms. The zero-order valence-electron chi connectivity index (χ0n) is 13.0. The van der Waals surface area contributed by atoms with Crippen LogP contribution in [0, 0.1) is 5.92 Å². The van der Waals surface area contributed by atoms with Crippen molar-refractivity contribution < 1.29 is 5.11 Å². The molecule has 0 saturated carbocycles. The molecule has 0 fully saturated rings. The van der Waals surface area contributed by atoms with E-state index in [0.717, 1.165) is 37.2 Å². The molecule has 22 heavy (non-hydrogen) atoms. The molecule has 2 atom stereocenters. The summed E-state index contributed by atoms with van der Waals surface area (Å²) >= 11 is 0. The van der Waals surface area contributed by atoms with E-state index >= 15 is 0 Å². The summed E-state index contributed by atoms with van der Waals surface area (Å²) in [5, 5.41) is 14.0. The zero-order chi connectivity index (χ0) is 15.5. The maximum atomic E-state index is 10.6. The molecule has 0 saturated heterocycles. The van der Waals surface area contributed by atoms with Gasteiger partial charge in [-0.15, -0.1) is 6.58 Å². The molecule has 0 amide bonds. The Hall–Kier alpha value is -1.84. The molecule has 2 heterocycles. The molecule has 1 aromatic carbocycles. The van der Waals surface area contributed by atoms with E-state index in [4.69, 9.17) is 0 Å². The van der Waals surface area contributed by atoms with Crippen molar-refractivity contribution in [3.05, 3.63) is 72.1 Å². The van der Waals surface area contributed by atoms with E-state index in [1.165, 1.54) is 11.3 Å². The predicted octanol–water partition coefficient (Wildman–Crippen LogP) is 2.99. The highest BCUT2D eigenvalue weighted by Gasteiger charge is 2.35. The van der Waals surface area contributed by atoms with E-state index in [2.05, 4.69) is 23.4 Å². The maximum absolute atomic E-state index is 10.6. The van der Waals surface area contributed by atoms with Crippen LogP contribution in [0.25, 0.3) is 0 Å². The number of allylic oxidation sites excluding steroid dienone is 2. The first-order valence-electron chi connectivity index (χ1n) is 7.95. The van der Waals surface area contributed by atoms with Crippen LogP contribution >= 0.6 is 0 Å². The van der Waals surface area contributed by atoms with Gasteiger partial charge < -0.3 is 15.3 Å². The van der Waals surface area contributed by atoms with Gasteiger partial charge in [0.15, 0.2) is 0 Å². The van der Waals surface area contributed by atoms with Crippen molar-refractivity contribution in [3.63, 3.8) is 0 Å². The number of benzene rings is 1. The van der Waals surface area contributed by atoms with Crippen LogP contribution < -0.4 is 5.32 Å². The predicted molar refractivity (Wildman–Crippen MR) is 90.1 cm³/mol. The lowest BCUT2D eigenvalue weighted by molar-refractivity contribution is 0.142. The van der Waals surface area contributed by atoms with Crippen molar-refractivity contribution in [3.8, 4) is 0 Å². The minimum Gasteiger partial charge on any atom is -0.387 e. The van der Waals surface area contributed by atoms with Gasteiger partial charge in [0.1, 0.15) is 0 Å². The lowest BCUT2D eigenvalue weighted by Crippen LogP contribution is -2.30. The van der Waals surface area contributed by atoms with Crippen LogP contribution in [-0.2, 0) is 0 Å². The Balaban J connectivity index is 1.82. The van der Waals surface area contributed by atoms with E-state index < -0.39 is 6.10 Å². The number of β-amino-alcohol motifs (C(OH)–C–C–N with tert-alkyl or cyclic N) is 1. The SMILES string of the molecule is C=CCC1C(=C)N(CC(O)c2ccccc2)C2=C1CNCC2. The normalized spacial score (nSPS) is 22.7. The first kappa shape index (κ1) is 15.1. The molecule has 0 aliphatic carbocycles. The summed E-state index contributed by atoms with van der Waals surface area (Å²) in [6.07, 6.45) is 3.39. The fourth-order valence-corrected chi connectivity index (χ4v) is 3.51. The van der Waals surface area contributed by atoms with Gasteiger partial charge in [-0.3, -0.25) is 0 Å². The van der Waals surface area contributed by atoms with E-state index in [1.54, 1.807) is 0 Å². The smallest absolute Gasteiger partial charge is 0.0968 e. The number of hydrogen-bond acceptors (Lipinski definition) is 3. The highest BCUT2D eigenvalue weighted by Crippen LogP contribution is 2.41. The average Bonchev–Trinajstić information content (AvgIpc) is 2.82. The van der Waals surface area contributed by atoms with Gasteiger partial charge in [-0.25, -0.2) is 0 Å². The van der Waals surface area contributed by atoms with Crippen LogP contribution in [0.4, 0.5) is 0 Å². The van der Waals surface area contributed by atoms with E-state index in [-0.39, 0.29) is 0 Å². The molecule has 0 aromatic heterocycles. The second-order valence-corrected chi connectivity index (χ2v) is 6.00. The Kier molecular flexibility index (Phi) is 4.46.